The molecular weight excluding hydrogens is 542 g/mol. The molecule has 0 fully saturated rings. The van der Waals surface area contributed by atoms with E-state index in [1.807, 2.05) is 26.0 Å². The first-order valence-electron chi connectivity index (χ1n) is 16.6. The van der Waals surface area contributed by atoms with E-state index in [1.165, 1.54) is 70.6 Å². The standard InChI is InChI=1S/C36H57NO6/c1-7-9-10-11-12-13-14-15-16-17-18-19-20-22-29-23-21-24-30(41-6)33(29)34-31(35(38)42-8-2)27(3)37-28(4)32(34)36(39)43-26-25-40-5/h21,23-24,34,37H,7-20,22,25-26H2,1-6H3. The fourth-order valence-electron chi connectivity index (χ4n) is 5.97. The number of hydrogen-bond donors (Lipinski definition) is 1. The number of esters is 2. The van der Waals surface area contributed by atoms with Gasteiger partial charge in [-0.05, 0) is 45.2 Å². The lowest BCUT2D eigenvalue weighted by molar-refractivity contribution is -0.140. The maximum absolute atomic E-state index is 13.5. The number of carbonyl (C=O) groups is 2. The van der Waals surface area contributed by atoms with Crippen molar-refractivity contribution in [3.63, 3.8) is 0 Å². The smallest absolute Gasteiger partial charge is 0.336 e. The Balaban J connectivity index is 2.16. The molecule has 0 amide bonds. The highest BCUT2D eigenvalue weighted by Gasteiger charge is 2.40. The predicted molar refractivity (Wildman–Crippen MR) is 173 cm³/mol. The van der Waals surface area contributed by atoms with Crippen molar-refractivity contribution < 1.29 is 28.5 Å². The minimum absolute atomic E-state index is 0.119. The summed E-state index contributed by atoms with van der Waals surface area (Å²) < 4.78 is 22.0. The molecule has 1 aliphatic rings. The van der Waals surface area contributed by atoms with Crippen LogP contribution in [0.3, 0.4) is 0 Å². The van der Waals surface area contributed by atoms with Crippen LogP contribution >= 0.6 is 0 Å². The molecule has 1 aliphatic heterocycles. The highest BCUT2D eigenvalue weighted by atomic mass is 16.6. The van der Waals surface area contributed by atoms with Crippen LogP contribution in [-0.2, 0) is 30.2 Å². The van der Waals surface area contributed by atoms with Gasteiger partial charge in [-0.1, -0.05) is 96.1 Å². The summed E-state index contributed by atoms with van der Waals surface area (Å²) in [6.07, 6.45) is 17.7. The summed E-state index contributed by atoms with van der Waals surface area (Å²) in [5.41, 5.74) is 4.00. The maximum Gasteiger partial charge on any atom is 0.336 e. The molecule has 7 nitrogen and oxygen atoms in total. The fourth-order valence-corrected chi connectivity index (χ4v) is 5.97. The van der Waals surface area contributed by atoms with Gasteiger partial charge in [0.1, 0.15) is 12.4 Å². The van der Waals surface area contributed by atoms with Crippen LogP contribution in [-0.4, -0.2) is 46.0 Å². The van der Waals surface area contributed by atoms with Crippen LogP contribution in [0.2, 0.25) is 0 Å². The van der Waals surface area contributed by atoms with Gasteiger partial charge in [0.25, 0.3) is 0 Å². The van der Waals surface area contributed by atoms with Crippen molar-refractivity contribution in [3.05, 3.63) is 51.9 Å². The first-order chi connectivity index (χ1) is 20.9. The molecule has 1 aromatic carbocycles. The number of rotatable bonds is 22. The zero-order chi connectivity index (χ0) is 31.5. The van der Waals surface area contributed by atoms with Crippen LogP contribution < -0.4 is 10.1 Å². The summed E-state index contributed by atoms with van der Waals surface area (Å²) >= 11 is 0. The van der Waals surface area contributed by atoms with Gasteiger partial charge in [-0.2, -0.15) is 0 Å². The highest BCUT2D eigenvalue weighted by molar-refractivity contribution is 6.00. The van der Waals surface area contributed by atoms with E-state index in [0.717, 1.165) is 30.4 Å². The number of methoxy groups -OCH3 is 2. The van der Waals surface area contributed by atoms with Gasteiger partial charge >= 0.3 is 11.9 Å². The van der Waals surface area contributed by atoms with Crippen molar-refractivity contribution in [1.82, 2.24) is 5.32 Å². The van der Waals surface area contributed by atoms with E-state index in [2.05, 4.69) is 18.3 Å². The van der Waals surface area contributed by atoms with Crippen LogP contribution in [0, 0.1) is 0 Å². The van der Waals surface area contributed by atoms with Gasteiger partial charge in [0, 0.05) is 24.1 Å². The molecule has 1 unspecified atom stereocenters. The van der Waals surface area contributed by atoms with Crippen molar-refractivity contribution >= 4 is 11.9 Å². The SMILES string of the molecule is CCCCCCCCCCCCCCCc1cccc(OC)c1C1C(C(=O)OCC)=C(C)NC(C)=C1C(=O)OCCOC. The summed E-state index contributed by atoms with van der Waals surface area (Å²) in [6.45, 7) is 8.37. The molecule has 7 heteroatoms. The van der Waals surface area contributed by atoms with E-state index in [-0.39, 0.29) is 19.8 Å². The molecule has 0 saturated carbocycles. The van der Waals surface area contributed by atoms with E-state index >= 15 is 0 Å². The molecule has 2 rings (SSSR count). The molecule has 0 radical (unpaired) electrons. The number of benzene rings is 1. The normalized spacial score (nSPS) is 15.0. The van der Waals surface area contributed by atoms with E-state index in [4.69, 9.17) is 18.9 Å². The Bertz CT molecular complexity index is 1060. The van der Waals surface area contributed by atoms with E-state index in [9.17, 15) is 9.59 Å². The molecule has 1 atom stereocenters. The van der Waals surface area contributed by atoms with Crippen LogP contribution in [0.1, 0.15) is 128 Å². The number of aryl methyl sites for hydroxylation is 1. The Morgan fingerprint density at radius 1 is 0.721 bits per heavy atom. The second-order valence-corrected chi connectivity index (χ2v) is 11.5. The minimum atomic E-state index is -0.677. The molecule has 43 heavy (non-hydrogen) atoms. The van der Waals surface area contributed by atoms with Crippen LogP contribution in [0.5, 0.6) is 5.75 Å². The molecule has 242 valence electrons. The topological polar surface area (TPSA) is 83.1 Å². The molecule has 0 bridgehead atoms. The average molecular weight is 600 g/mol. The predicted octanol–water partition coefficient (Wildman–Crippen LogP) is 8.32. The van der Waals surface area contributed by atoms with Crippen molar-refractivity contribution in [2.24, 2.45) is 0 Å². The fraction of sp³-hybridized carbons (Fsp3) is 0.667. The molecule has 1 N–H and O–H groups in total. The number of ether oxygens (including phenoxy) is 4. The van der Waals surface area contributed by atoms with Gasteiger partial charge in [-0.25, -0.2) is 9.59 Å². The molecule has 0 spiro atoms. The Morgan fingerprint density at radius 2 is 1.26 bits per heavy atom. The molecule has 1 heterocycles. The van der Waals surface area contributed by atoms with Gasteiger partial charge < -0.3 is 24.3 Å². The third-order valence-electron chi connectivity index (χ3n) is 8.21. The molecule has 0 aliphatic carbocycles. The Hall–Kier alpha value is -2.80. The van der Waals surface area contributed by atoms with Gasteiger partial charge in [0.15, 0.2) is 0 Å². The molecule has 1 aromatic rings. The number of nitrogens with one attached hydrogen (secondary N) is 1. The largest absolute Gasteiger partial charge is 0.496 e. The van der Waals surface area contributed by atoms with Crippen LogP contribution in [0.15, 0.2) is 40.7 Å². The van der Waals surface area contributed by atoms with Gasteiger partial charge in [0.2, 0.25) is 0 Å². The Kier molecular flexibility index (Phi) is 17.8. The monoisotopic (exact) mass is 599 g/mol. The van der Waals surface area contributed by atoms with Crippen molar-refractivity contribution in [3.8, 4) is 5.75 Å². The second kappa shape index (κ2) is 21.0. The maximum atomic E-state index is 13.5. The van der Waals surface area contributed by atoms with Crippen LogP contribution in [0.4, 0.5) is 0 Å². The lowest BCUT2D eigenvalue weighted by atomic mass is 9.77. The molecule has 0 saturated heterocycles. The average Bonchev–Trinajstić information content (AvgIpc) is 2.99. The van der Waals surface area contributed by atoms with E-state index < -0.39 is 17.9 Å². The van der Waals surface area contributed by atoms with Crippen molar-refractivity contribution in [2.75, 3.05) is 34.0 Å². The number of allylic oxidation sites excluding steroid dienone is 2. The van der Waals surface area contributed by atoms with Gasteiger partial charge in [0.05, 0.1) is 37.4 Å². The summed E-state index contributed by atoms with van der Waals surface area (Å²) in [7, 11) is 3.19. The summed E-state index contributed by atoms with van der Waals surface area (Å²) in [4.78, 5) is 26.9. The number of dihydropyridines is 1. The summed E-state index contributed by atoms with van der Waals surface area (Å²) in [6, 6.07) is 5.96. The van der Waals surface area contributed by atoms with E-state index in [1.54, 1.807) is 21.1 Å². The quantitative estimate of drug-likeness (QED) is 0.106. The number of unbranched alkanes of at least 4 members (excludes halogenated alkanes) is 12. The Morgan fingerprint density at radius 3 is 1.77 bits per heavy atom. The minimum Gasteiger partial charge on any atom is -0.496 e. The zero-order valence-electron chi connectivity index (χ0n) is 27.8. The van der Waals surface area contributed by atoms with Crippen molar-refractivity contribution in [2.45, 2.75) is 124 Å². The number of carbonyl (C=O) groups excluding carboxylic acids is 2. The van der Waals surface area contributed by atoms with Crippen molar-refractivity contribution in [1.29, 1.82) is 0 Å². The van der Waals surface area contributed by atoms with Gasteiger partial charge in [-0.15, -0.1) is 0 Å². The molecule has 0 aromatic heterocycles. The third kappa shape index (κ3) is 11.7. The Labute approximate surface area is 260 Å². The molecular formula is C36H57NO6. The summed E-state index contributed by atoms with van der Waals surface area (Å²) in [5, 5.41) is 3.23. The number of hydrogen-bond acceptors (Lipinski definition) is 7. The first-order valence-corrected chi connectivity index (χ1v) is 16.6. The van der Waals surface area contributed by atoms with Gasteiger partial charge in [-0.3, -0.25) is 0 Å². The zero-order valence-corrected chi connectivity index (χ0v) is 27.8. The summed E-state index contributed by atoms with van der Waals surface area (Å²) in [5.74, 6) is -0.976. The van der Waals surface area contributed by atoms with E-state index in [0.29, 0.717) is 28.3 Å². The third-order valence-corrected chi connectivity index (χ3v) is 8.21. The van der Waals surface area contributed by atoms with Crippen LogP contribution in [0.25, 0.3) is 0 Å². The highest BCUT2D eigenvalue weighted by Crippen LogP contribution is 2.44. The lowest BCUT2D eigenvalue weighted by Crippen LogP contribution is -2.33. The lowest BCUT2D eigenvalue weighted by Gasteiger charge is -2.32. The second-order valence-electron chi connectivity index (χ2n) is 11.5. The first kappa shape index (κ1) is 36.4.